The molecule has 0 saturated carbocycles. The van der Waals surface area contributed by atoms with E-state index in [-0.39, 0.29) is 12.0 Å². The van der Waals surface area contributed by atoms with Gasteiger partial charge >= 0.3 is 0 Å². The Kier molecular flexibility index (Phi) is 5.43. The molecule has 28 heavy (non-hydrogen) atoms. The van der Waals surface area contributed by atoms with Gasteiger partial charge in [-0.1, -0.05) is 54.6 Å². The van der Waals surface area contributed by atoms with Crippen molar-refractivity contribution in [1.29, 1.82) is 0 Å². The monoisotopic (exact) mass is 375 g/mol. The molecule has 1 atom stereocenters. The highest BCUT2D eigenvalue weighted by atomic mass is 16.6. The lowest BCUT2D eigenvalue weighted by atomic mass is 10.1. The highest BCUT2D eigenvalue weighted by molar-refractivity contribution is 5.96. The lowest BCUT2D eigenvalue weighted by Gasteiger charge is -2.26. The highest BCUT2D eigenvalue weighted by Crippen LogP contribution is 2.30. The normalized spacial score (nSPS) is 14.9. The maximum Gasteiger partial charge on any atom is 0.255 e. The fourth-order valence-electron chi connectivity index (χ4n) is 2.98. The van der Waals surface area contributed by atoms with Crippen LogP contribution in [0.2, 0.25) is 0 Å². The zero-order valence-corrected chi connectivity index (χ0v) is 15.3. The maximum absolute atomic E-state index is 12.7. The van der Waals surface area contributed by atoms with Crippen molar-refractivity contribution in [2.24, 2.45) is 0 Å². The summed E-state index contributed by atoms with van der Waals surface area (Å²) in [7, 11) is 0. The lowest BCUT2D eigenvalue weighted by molar-refractivity contribution is 0.0787. The summed E-state index contributed by atoms with van der Waals surface area (Å²) in [6.45, 7) is 1.14. The van der Waals surface area contributed by atoms with Crippen molar-refractivity contribution in [2.45, 2.75) is 12.7 Å². The summed E-state index contributed by atoms with van der Waals surface area (Å²) in [5.41, 5.74) is 1.54. The van der Waals surface area contributed by atoms with Crippen molar-refractivity contribution in [3.63, 3.8) is 0 Å². The van der Waals surface area contributed by atoms with Crippen LogP contribution in [-0.2, 0) is 6.61 Å². The summed E-state index contributed by atoms with van der Waals surface area (Å²) in [4.78, 5) is 12.7. The smallest absolute Gasteiger partial charge is 0.255 e. The Bertz CT molecular complexity index is 942. The SMILES string of the molecule is O=C(NC[C@@H]1COc2ccccc2O1)c1ccccc1OCc1ccccc1. The topological polar surface area (TPSA) is 56.8 Å². The molecule has 142 valence electrons. The van der Waals surface area contributed by atoms with Crippen LogP contribution in [0, 0.1) is 0 Å². The van der Waals surface area contributed by atoms with Gasteiger partial charge in [-0.2, -0.15) is 0 Å². The van der Waals surface area contributed by atoms with E-state index in [0.29, 0.717) is 36.8 Å². The van der Waals surface area contributed by atoms with E-state index < -0.39 is 0 Å². The van der Waals surface area contributed by atoms with Crippen LogP contribution in [0.15, 0.2) is 78.9 Å². The summed E-state index contributed by atoms with van der Waals surface area (Å²) in [6.07, 6.45) is -0.240. The van der Waals surface area contributed by atoms with Crippen molar-refractivity contribution in [1.82, 2.24) is 5.32 Å². The molecule has 1 N–H and O–H groups in total. The first-order valence-corrected chi connectivity index (χ1v) is 9.22. The third kappa shape index (κ3) is 4.26. The van der Waals surface area contributed by atoms with Crippen LogP contribution >= 0.6 is 0 Å². The Morgan fingerprint density at radius 2 is 1.64 bits per heavy atom. The van der Waals surface area contributed by atoms with E-state index in [1.54, 1.807) is 12.1 Å². The number of carbonyl (C=O) groups is 1. The van der Waals surface area contributed by atoms with Gasteiger partial charge in [0.15, 0.2) is 11.5 Å². The molecule has 1 heterocycles. The van der Waals surface area contributed by atoms with E-state index >= 15 is 0 Å². The molecule has 0 fully saturated rings. The summed E-state index contributed by atoms with van der Waals surface area (Å²) < 4.78 is 17.4. The Labute approximate surface area is 163 Å². The molecular weight excluding hydrogens is 354 g/mol. The van der Waals surface area contributed by atoms with E-state index in [1.807, 2.05) is 66.7 Å². The van der Waals surface area contributed by atoms with Crippen LogP contribution < -0.4 is 19.5 Å². The summed E-state index contributed by atoms with van der Waals surface area (Å²) in [6, 6.07) is 24.6. The minimum Gasteiger partial charge on any atom is -0.488 e. The number of rotatable bonds is 6. The van der Waals surface area contributed by atoms with Crippen molar-refractivity contribution in [2.75, 3.05) is 13.2 Å². The van der Waals surface area contributed by atoms with Crippen molar-refractivity contribution in [3.05, 3.63) is 90.0 Å². The number of hydrogen-bond donors (Lipinski definition) is 1. The largest absolute Gasteiger partial charge is 0.488 e. The number of ether oxygens (including phenoxy) is 3. The van der Waals surface area contributed by atoms with Crippen LogP contribution in [0.3, 0.4) is 0 Å². The first kappa shape index (κ1) is 17.9. The first-order valence-electron chi connectivity index (χ1n) is 9.22. The van der Waals surface area contributed by atoms with Crippen LogP contribution in [-0.4, -0.2) is 25.2 Å². The van der Waals surface area contributed by atoms with E-state index in [1.165, 1.54) is 0 Å². The summed E-state index contributed by atoms with van der Waals surface area (Å²) in [5, 5.41) is 2.91. The second-order valence-corrected chi connectivity index (χ2v) is 6.48. The van der Waals surface area contributed by atoms with Crippen LogP contribution in [0.25, 0.3) is 0 Å². The number of para-hydroxylation sites is 3. The van der Waals surface area contributed by atoms with Crippen molar-refractivity contribution < 1.29 is 19.0 Å². The van der Waals surface area contributed by atoms with Gasteiger partial charge in [0.25, 0.3) is 5.91 Å². The van der Waals surface area contributed by atoms with Gasteiger partial charge in [-0.15, -0.1) is 0 Å². The molecule has 3 aromatic rings. The molecule has 3 aromatic carbocycles. The molecule has 5 nitrogen and oxygen atoms in total. The second-order valence-electron chi connectivity index (χ2n) is 6.48. The zero-order chi connectivity index (χ0) is 19.2. The predicted octanol–water partition coefficient (Wildman–Crippen LogP) is 3.84. The Morgan fingerprint density at radius 1 is 0.929 bits per heavy atom. The highest BCUT2D eigenvalue weighted by Gasteiger charge is 2.22. The molecular formula is C23H21NO4. The van der Waals surface area contributed by atoms with Gasteiger partial charge in [0, 0.05) is 0 Å². The van der Waals surface area contributed by atoms with Gasteiger partial charge in [0.05, 0.1) is 12.1 Å². The third-order valence-electron chi connectivity index (χ3n) is 4.43. The lowest BCUT2D eigenvalue weighted by Crippen LogP contribution is -2.40. The van der Waals surface area contributed by atoms with Crippen LogP contribution in [0.5, 0.6) is 17.2 Å². The van der Waals surface area contributed by atoms with E-state index in [9.17, 15) is 4.79 Å². The predicted molar refractivity (Wildman–Crippen MR) is 106 cm³/mol. The van der Waals surface area contributed by atoms with E-state index in [2.05, 4.69) is 5.32 Å². The molecule has 5 heteroatoms. The van der Waals surface area contributed by atoms with Gasteiger partial charge in [0.2, 0.25) is 0 Å². The van der Waals surface area contributed by atoms with Gasteiger partial charge < -0.3 is 19.5 Å². The maximum atomic E-state index is 12.7. The third-order valence-corrected chi connectivity index (χ3v) is 4.43. The quantitative estimate of drug-likeness (QED) is 0.711. The Balaban J connectivity index is 1.36. The number of benzene rings is 3. The molecule has 0 bridgehead atoms. The van der Waals surface area contributed by atoms with Gasteiger partial charge in [-0.25, -0.2) is 0 Å². The molecule has 1 aliphatic rings. The van der Waals surface area contributed by atoms with E-state index in [0.717, 1.165) is 11.3 Å². The molecule has 0 aromatic heterocycles. The van der Waals surface area contributed by atoms with Crippen molar-refractivity contribution in [3.8, 4) is 17.2 Å². The van der Waals surface area contributed by atoms with Gasteiger partial charge in [0.1, 0.15) is 25.1 Å². The minimum atomic E-state index is -0.240. The molecule has 0 saturated heterocycles. The van der Waals surface area contributed by atoms with Gasteiger partial charge in [-0.05, 0) is 29.8 Å². The summed E-state index contributed by atoms with van der Waals surface area (Å²) >= 11 is 0. The first-order chi connectivity index (χ1) is 13.8. The second kappa shape index (κ2) is 8.48. The van der Waals surface area contributed by atoms with Crippen LogP contribution in [0.4, 0.5) is 0 Å². The Morgan fingerprint density at radius 3 is 2.50 bits per heavy atom. The fourth-order valence-corrected chi connectivity index (χ4v) is 2.98. The van der Waals surface area contributed by atoms with Crippen molar-refractivity contribution >= 4 is 5.91 Å². The molecule has 0 radical (unpaired) electrons. The average Bonchev–Trinajstić information content (AvgIpc) is 2.77. The minimum absolute atomic E-state index is 0.203. The Hall–Kier alpha value is -3.47. The van der Waals surface area contributed by atoms with E-state index in [4.69, 9.17) is 14.2 Å². The molecule has 0 spiro atoms. The molecule has 1 aliphatic heterocycles. The molecule has 0 aliphatic carbocycles. The zero-order valence-electron chi connectivity index (χ0n) is 15.3. The number of hydrogen-bond acceptors (Lipinski definition) is 4. The summed E-state index contributed by atoms with van der Waals surface area (Å²) in [5.74, 6) is 1.77. The fraction of sp³-hybridized carbons (Fsp3) is 0.174. The number of amides is 1. The molecule has 0 unspecified atom stereocenters. The standard InChI is InChI=1S/C23H21NO4/c25-23(24-14-18-16-27-21-12-6-7-13-22(21)28-18)19-10-4-5-11-20(19)26-15-17-8-2-1-3-9-17/h1-13,18H,14-16H2,(H,24,25)/t18-/m1/s1. The van der Waals surface area contributed by atoms with Crippen LogP contribution in [0.1, 0.15) is 15.9 Å². The molecule has 4 rings (SSSR count). The number of nitrogens with one attached hydrogen (secondary N) is 1. The number of fused-ring (bicyclic) bond motifs is 1. The van der Waals surface area contributed by atoms with Gasteiger partial charge in [-0.3, -0.25) is 4.79 Å². The average molecular weight is 375 g/mol. The number of carbonyl (C=O) groups excluding carboxylic acids is 1. The molecule has 1 amide bonds.